The Morgan fingerprint density at radius 1 is 1.56 bits per heavy atom. The van der Waals surface area contributed by atoms with Gasteiger partial charge < -0.3 is 11.5 Å². The van der Waals surface area contributed by atoms with Crippen molar-refractivity contribution in [3.05, 3.63) is 12.3 Å². The Labute approximate surface area is 111 Å². The molecule has 5 N–H and O–H groups in total. The second-order valence-electron chi connectivity index (χ2n) is 5.79. The SMILES string of the molecule is C=C(N)C(C)CCN(C1CCNC1(C)N)N(C)C. The van der Waals surface area contributed by atoms with E-state index in [0.717, 1.165) is 31.6 Å². The topological polar surface area (TPSA) is 70.5 Å². The number of hydrogen-bond donors (Lipinski definition) is 3. The van der Waals surface area contributed by atoms with Crippen LogP contribution in [0.1, 0.15) is 26.7 Å². The molecule has 0 aromatic rings. The third-order valence-corrected chi connectivity index (χ3v) is 3.91. The van der Waals surface area contributed by atoms with Gasteiger partial charge >= 0.3 is 0 Å². The monoisotopic (exact) mass is 255 g/mol. The number of nitrogens with zero attached hydrogens (tertiary/aromatic N) is 2. The lowest BCUT2D eigenvalue weighted by molar-refractivity contribution is -0.0408. The molecule has 1 heterocycles. The summed E-state index contributed by atoms with van der Waals surface area (Å²) in [6, 6.07) is 0.325. The highest BCUT2D eigenvalue weighted by Gasteiger charge is 2.39. The van der Waals surface area contributed by atoms with Crippen LogP contribution in [0.3, 0.4) is 0 Å². The van der Waals surface area contributed by atoms with Crippen LogP contribution in [0.4, 0.5) is 0 Å². The molecule has 1 rings (SSSR count). The van der Waals surface area contributed by atoms with Crippen LogP contribution < -0.4 is 16.8 Å². The predicted molar refractivity (Wildman–Crippen MR) is 76.5 cm³/mol. The first kappa shape index (κ1) is 15.4. The fraction of sp³-hybridized carbons (Fsp3) is 0.846. The van der Waals surface area contributed by atoms with Gasteiger partial charge in [0.1, 0.15) is 0 Å². The van der Waals surface area contributed by atoms with Crippen LogP contribution in [-0.2, 0) is 0 Å². The molecule has 1 aliphatic rings. The lowest BCUT2D eigenvalue weighted by Crippen LogP contribution is -2.62. The van der Waals surface area contributed by atoms with Crippen LogP contribution in [0, 0.1) is 5.92 Å². The van der Waals surface area contributed by atoms with Crippen LogP contribution in [0.2, 0.25) is 0 Å². The molecular weight excluding hydrogens is 226 g/mol. The average molecular weight is 255 g/mol. The van der Waals surface area contributed by atoms with Crippen LogP contribution >= 0.6 is 0 Å². The molecule has 0 aliphatic carbocycles. The Morgan fingerprint density at radius 3 is 2.56 bits per heavy atom. The van der Waals surface area contributed by atoms with Gasteiger partial charge in [0, 0.05) is 26.3 Å². The molecule has 3 unspecified atom stereocenters. The summed E-state index contributed by atoms with van der Waals surface area (Å²) in [6.45, 7) is 9.91. The maximum absolute atomic E-state index is 6.31. The largest absolute Gasteiger partial charge is 0.402 e. The van der Waals surface area contributed by atoms with Crippen molar-refractivity contribution in [3.63, 3.8) is 0 Å². The van der Waals surface area contributed by atoms with Crippen molar-refractivity contribution < 1.29 is 0 Å². The van der Waals surface area contributed by atoms with Crippen molar-refractivity contribution in [3.8, 4) is 0 Å². The maximum Gasteiger partial charge on any atom is 0.0807 e. The average Bonchev–Trinajstić information content (AvgIpc) is 2.58. The Kier molecular flexibility index (Phi) is 5.16. The molecule has 0 aromatic heterocycles. The smallest absolute Gasteiger partial charge is 0.0807 e. The lowest BCUT2D eigenvalue weighted by Gasteiger charge is -2.41. The molecule has 0 spiro atoms. The normalized spacial score (nSPS) is 30.1. The fourth-order valence-corrected chi connectivity index (χ4v) is 2.50. The van der Waals surface area contributed by atoms with Crippen molar-refractivity contribution in [2.24, 2.45) is 17.4 Å². The van der Waals surface area contributed by atoms with E-state index in [-0.39, 0.29) is 5.66 Å². The van der Waals surface area contributed by atoms with Gasteiger partial charge in [-0.2, -0.15) is 0 Å². The van der Waals surface area contributed by atoms with E-state index < -0.39 is 0 Å². The summed E-state index contributed by atoms with van der Waals surface area (Å²) in [6.07, 6.45) is 2.07. The van der Waals surface area contributed by atoms with Crippen LogP contribution in [0.15, 0.2) is 12.3 Å². The molecular formula is C13H29N5. The summed E-state index contributed by atoms with van der Waals surface area (Å²) in [4.78, 5) is 0. The Morgan fingerprint density at radius 2 is 2.17 bits per heavy atom. The molecule has 1 fully saturated rings. The number of nitrogens with one attached hydrogen (secondary N) is 1. The van der Waals surface area contributed by atoms with Crippen LogP contribution in [0.25, 0.3) is 0 Å². The first-order chi connectivity index (χ1) is 8.25. The van der Waals surface area contributed by atoms with E-state index in [9.17, 15) is 0 Å². The highest BCUT2D eigenvalue weighted by atomic mass is 15.6. The summed E-state index contributed by atoms with van der Waals surface area (Å²) in [5, 5.41) is 7.83. The minimum absolute atomic E-state index is 0.325. The number of hydrogen-bond acceptors (Lipinski definition) is 5. The second kappa shape index (κ2) is 6.02. The molecule has 0 aromatic carbocycles. The van der Waals surface area contributed by atoms with Gasteiger partial charge in [-0.25, -0.2) is 10.0 Å². The standard InChI is InChI=1S/C13H29N5/c1-10(11(2)14)7-9-18(17(4)5)12-6-8-16-13(12,3)15/h10,12,16H,2,6-9,14-15H2,1,3-5H3. The molecule has 3 atom stereocenters. The number of hydrazine groups is 1. The molecule has 5 nitrogen and oxygen atoms in total. The van der Waals surface area contributed by atoms with E-state index in [0.29, 0.717) is 12.0 Å². The van der Waals surface area contributed by atoms with E-state index >= 15 is 0 Å². The molecule has 0 saturated carbocycles. The molecule has 0 radical (unpaired) electrons. The first-order valence-electron chi connectivity index (χ1n) is 6.67. The number of allylic oxidation sites excluding steroid dienone is 1. The van der Waals surface area contributed by atoms with Crippen molar-refractivity contribution in [1.82, 2.24) is 15.3 Å². The number of nitrogens with two attached hydrogens (primary N) is 2. The van der Waals surface area contributed by atoms with Crippen LogP contribution in [-0.4, -0.2) is 48.9 Å². The Hall–Kier alpha value is -0.620. The Bertz CT molecular complexity index is 287. The molecule has 5 heteroatoms. The van der Waals surface area contributed by atoms with E-state index in [2.05, 4.69) is 49.9 Å². The zero-order valence-electron chi connectivity index (χ0n) is 12.2. The summed E-state index contributed by atoms with van der Waals surface area (Å²) in [5.74, 6) is 0.339. The first-order valence-corrected chi connectivity index (χ1v) is 6.67. The summed E-state index contributed by atoms with van der Waals surface area (Å²) in [5.41, 5.74) is 12.5. The molecule has 0 amide bonds. The third-order valence-electron chi connectivity index (χ3n) is 3.91. The van der Waals surface area contributed by atoms with Gasteiger partial charge in [-0.3, -0.25) is 5.32 Å². The molecule has 1 saturated heterocycles. The van der Waals surface area contributed by atoms with E-state index in [4.69, 9.17) is 11.5 Å². The molecule has 18 heavy (non-hydrogen) atoms. The zero-order chi connectivity index (χ0) is 13.9. The molecule has 1 aliphatic heterocycles. The highest BCUT2D eigenvalue weighted by molar-refractivity contribution is 4.98. The van der Waals surface area contributed by atoms with Gasteiger partial charge in [0.25, 0.3) is 0 Å². The van der Waals surface area contributed by atoms with Gasteiger partial charge in [-0.05, 0) is 32.2 Å². The minimum atomic E-state index is -0.326. The predicted octanol–water partition coefficient (Wildman–Crippen LogP) is 0.300. The van der Waals surface area contributed by atoms with Gasteiger partial charge in [-0.15, -0.1) is 0 Å². The fourth-order valence-electron chi connectivity index (χ4n) is 2.50. The minimum Gasteiger partial charge on any atom is -0.402 e. The van der Waals surface area contributed by atoms with Crippen LogP contribution in [0.5, 0.6) is 0 Å². The highest BCUT2D eigenvalue weighted by Crippen LogP contribution is 2.22. The van der Waals surface area contributed by atoms with Crippen molar-refractivity contribution in [2.45, 2.75) is 38.4 Å². The third kappa shape index (κ3) is 3.68. The van der Waals surface area contributed by atoms with Crippen molar-refractivity contribution in [2.75, 3.05) is 27.2 Å². The summed E-state index contributed by atoms with van der Waals surface area (Å²) in [7, 11) is 4.13. The Balaban J connectivity index is 2.63. The van der Waals surface area contributed by atoms with Crippen molar-refractivity contribution >= 4 is 0 Å². The van der Waals surface area contributed by atoms with Gasteiger partial charge in [0.2, 0.25) is 0 Å². The van der Waals surface area contributed by atoms with Gasteiger partial charge in [0.05, 0.1) is 11.7 Å². The molecule has 0 bridgehead atoms. The lowest BCUT2D eigenvalue weighted by atomic mass is 10.0. The van der Waals surface area contributed by atoms with E-state index in [1.54, 1.807) is 0 Å². The summed E-state index contributed by atoms with van der Waals surface area (Å²) >= 11 is 0. The quantitative estimate of drug-likeness (QED) is 0.596. The second-order valence-corrected chi connectivity index (χ2v) is 5.79. The summed E-state index contributed by atoms with van der Waals surface area (Å²) < 4.78 is 0. The molecule has 106 valence electrons. The number of rotatable bonds is 6. The van der Waals surface area contributed by atoms with E-state index in [1.165, 1.54) is 0 Å². The van der Waals surface area contributed by atoms with Gasteiger partial charge in [-0.1, -0.05) is 13.5 Å². The van der Waals surface area contributed by atoms with E-state index in [1.807, 2.05) is 0 Å². The van der Waals surface area contributed by atoms with Gasteiger partial charge in [0.15, 0.2) is 0 Å². The van der Waals surface area contributed by atoms with Crippen molar-refractivity contribution in [1.29, 1.82) is 0 Å². The maximum atomic E-state index is 6.31. The zero-order valence-corrected chi connectivity index (χ0v) is 12.2.